The summed E-state index contributed by atoms with van der Waals surface area (Å²) < 4.78 is 14.9. The first-order chi connectivity index (χ1) is 12.2. The highest BCUT2D eigenvalue weighted by Crippen LogP contribution is 2.24. The molecule has 5 nitrogen and oxygen atoms in total. The van der Waals surface area contributed by atoms with Crippen LogP contribution in [-0.4, -0.2) is 33.9 Å². The largest absolute Gasteiger partial charge is 0.395 e. The standard InChI is InChI=1S/C19H18FN3O2/c20-16-8-6-14(7-9-16)19-15(12-18(25)21-10-11-24)13-23(22-19)17-4-2-1-3-5-17/h1-9,13,24H,10-12H2,(H,21,25). The summed E-state index contributed by atoms with van der Waals surface area (Å²) in [6, 6.07) is 15.6. The van der Waals surface area contributed by atoms with Gasteiger partial charge in [-0.1, -0.05) is 18.2 Å². The summed E-state index contributed by atoms with van der Waals surface area (Å²) in [6.45, 7) is 0.0946. The quantitative estimate of drug-likeness (QED) is 0.724. The third kappa shape index (κ3) is 4.10. The maximum Gasteiger partial charge on any atom is 0.224 e. The van der Waals surface area contributed by atoms with Crippen LogP contribution in [0.5, 0.6) is 0 Å². The zero-order valence-corrected chi connectivity index (χ0v) is 13.5. The van der Waals surface area contributed by atoms with E-state index in [1.165, 1.54) is 12.1 Å². The number of nitrogens with one attached hydrogen (secondary N) is 1. The predicted molar refractivity (Wildman–Crippen MR) is 92.8 cm³/mol. The predicted octanol–water partition coefficient (Wildman–Crippen LogP) is 2.33. The van der Waals surface area contributed by atoms with E-state index in [0.717, 1.165) is 16.8 Å². The maximum absolute atomic E-state index is 13.2. The number of aromatic nitrogens is 2. The summed E-state index contributed by atoms with van der Waals surface area (Å²) >= 11 is 0. The highest BCUT2D eigenvalue weighted by atomic mass is 19.1. The number of hydrogen-bond acceptors (Lipinski definition) is 3. The number of halogens is 1. The molecule has 25 heavy (non-hydrogen) atoms. The molecule has 128 valence electrons. The van der Waals surface area contributed by atoms with E-state index in [9.17, 15) is 9.18 Å². The number of hydrogen-bond donors (Lipinski definition) is 2. The Morgan fingerprint density at radius 3 is 2.52 bits per heavy atom. The summed E-state index contributed by atoms with van der Waals surface area (Å²) in [5.74, 6) is -0.529. The van der Waals surface area contributed by atoms with Crippen molar-refractivity contribution in [1.29, 1.82) is 0 Å². The number of nitrogens with zero attached hydrogens (tertiary/aromatic N) is 2. The van der Waals surface area contributed by atoms with Crippen LogP contribution in [-0.2, 0) is 11.2 Å². The molecular weight excluding hydrogens is 321 g/mol. The van der Waals surface area contributed by atoms with Crippen LogP contribution in [0.15, 0.2) is 60.8 Å². The Kier molecular flexibility index (Phi) is 5.20. The second-order valence-corrected chi connectivity index (χ2v) is 5.54. The molecule has 3 aromatic rings. The molecule has 0 saturated heterocycles. The maximum atomic E-state index is 13.2. The number of para-hydroxylation sites is 1. The monoisotopic (exact) mass is 339 g/mol. The van der Waals surface area contributed by atoms with Crippen molar-refractivity contribution in [3.05, 3.63) is 72.2 Å². The van der Waals surface area contributed by atoms with E-state index in [4.69, 9.17) is 5.11 Å². The fraction of sp³-hybridized carbons (Fsp3) is 0.158. The molecule has 1 heterocycles. The van der Waals surface area contributed by atoms with Crippen molar-refractivity contribution < 1.29 is 14.3 Å². The molecule has 6 heteroatoms. The molecule has 2 N–H and O–H groups in total. The highest BCUT2D eigenvalue weighted by molar-refractivity contribution is 5.81. The van der Waals surface area contributed by atoms with Crippen molar-refractivity contribution in [3.8, 4) is 16.9 Å². The number of carbonyl (C=O) groups is 1. The van der Waals surface area contributed by atoms with E-state index in [1.807, 2.05) is 30.3 Å². The Morgan fingerprint density at radius 1 is 1.12 bits per heavy atom. The number of amides is 1. The molecule has 3 rings (SSSR count). The van der Waals surface area contributed by atoms with Crippen molar-refractivity contribution in [3.63, 3.8) is 0 Å². The molecule has 1 aromatic heterocycles. The van der Waals surface area contributed by atoms with Crippen LogP contribution < -0.4 is 5.32 Å². The summed E-state index contributed by atoms with van der Waals surface area (Å²) in [5, 5.41) is 16.0. The van der Waals surface area contributed by atoms with Crippen LogP contribution in [0.1, 0.15) is 5.56 Å². The Balaban J connectivity index is 1.97. The van der Waals surface area contributed by atoms with Crippen LogP contribution in [0, 0.1) is 5.82 Å². The number of carbonyl (C=O) groups excluding carboxylic acids is 1. The Bertz CT molecular complexity index is 845. The van der Waals surface area contributed by atoms with Gasteiger partial charge in [0, 0.05) is 23.9 Å². The summed E-state index contributed by atoms with van der Waals surface area (Å²) in [6.07, 6.45) is 1.92. The van der Waals surface area contributed by atoms with Gasteiger partial charge in [0.1, 0.15) is 5.82 Å². The summed E-state index contributed by atoms with van der Waals surface area (Å²) in [7, 11) is 0. The fourth-order valence-electron chi connectivity index (χ4n) is 2.53. The first kappa shape index (κ1) is 16.9. The Hall–Kier alpha value is -2.99. The average Bonchev–Trinajstić information content (AvgIpc) is 3.05. The van der Waals surface area contributed by atoms with E-state index in [-0.39, 0.29) is 31.3 Å². The minimum absolute atomic E-state index is 0.111. The van der Waals surface area contributed by atoms with Crippen LogP contribution >= 0.6 is 0 Å². The number of benzene rings is 2. The third-order valence-corrected chi connectivity index (χ3v) is 3.71. The first-order valence-electron chi connectivity index (χ1n) is 7.95. The lowest BCUT2D eigenvalue weighted by Gasteiger charge is -2.04. The normalized spacial score (nSPS) is 10.6. The SMILES string of the molecule is O=C(Cc1cn(-c2ccccc2)nc1-c1ccc(F)cc1)NCCO. The van der Waals surface area contributed by atoms with Gasteiger partial charge in [0.15, 0.2) is 0 Å². The van der Waals surface area contributed by atoms with Gasteiger partial charge in [-0.05, 0) is 36.4 Å². The van der Waals surface area contributed by atoms with E-state index in [1.54, 1.807) is 23.0 Å². The van der Waals surface area contributed by atoms with Crippen LogP contribution in [0.3, 0.4) is 0 Å². The van der Waals surface area contributed by atoms with E-state index in [2.05, 4.69) is 10.4 Å². The van der Waals surface area contributed by atoms with Gasteiger partial charge < -0.3 is 10.4 Å². The van der Waals surface area contributed by atoms with Gasteiger partial charge >= 0.3 is 0 Å². The number of aliphatic hydroxyl groups excluding tert-OH is 1. The smallest absolute Gasteiger partial charge is 0.224 e. The lowest BCUT2D eigenvalue weighted by Crippen LogP contribution is -2.27. The van der Waals surface area contributed by atoms with Gasteiger partial charge in [0.2, 0.25) is 5.91 Å². The van der Waals surface area contributed by atoms with Crippen molar-refractivity contribution >= 4 is 5.91 Å². The van der Waals surface area contributed by atoms with Gasteiger partial charge in [-0.25, -0.2) is 9.07 Å². The van der Waals surface area contributed by atoms with Crippen molar-refractivity contribution in [1.82, 2.24) is 15.1 Å². The molecule has 0 unspecified atom stereocenters. The number of rotatable bonds is 6. The van der Waals surface area contributed by atoms with Crippen molar-refractivity contribution in [2.45, 2.75) is 6.42 Å². The lowest BCUT2D eigenvalue weighted by atomic mass is 10.1. The second kappa shape index (κ2) is 7.72. The summed E-state index contributed by atoms with van der Waals surface area (Å²) in [5.41, 5.74) is 2.96. The van der Waals surface area contributed by atoms with Gasteiger partial charge in [-0.3, -0.25) is 4.79 Å². The zero-order valence-electron chi connectivity index (χ0n) is 13.5. The highest BCUT2D eigenvalue weighted by Gasteiger charge is 2.15. The van der Waals surface area contributed by atoms with Gasteiger partial charge in [0.05, 0.1) is 24.4 Å². The Labute approximate surface area is 144 Å². The van der Waals surface area contributed by atoms with Crippen LogP contribution in [0.2, 0.25) is 0 Å². The average molecular weight is 339 g/mol. The fourth-order valence-corrected chi connectivity index (χ4v) is 2.53. The lowest BCUT2D eigenvalue weighted by molar-refractivity contribution is -0.120. The van der Waals surface area contributed by atoms with Gasteiger partial charge in [-0.15, -0.1) is 0 Å². The molecule has 0 saturated carbocycles. The van der Waals surface area contributed by atoms with E-state index < -0.39 is 0 Å². The molecule has 0 aliphatic rings. The molecule has 2 aromatic carbocycles. The topological polar surface area (TPSA) is 67.2 Å². The Morgan fingerprint density at radius 2 is 1.84 bits per heavy atom. The molecule has 0 radical (unpaired) electrons. The minimum Gasteiger partial charge on any atom is -0.395 e. The second-order valence-electron chi connectivity index (χ2n) is 5.54. The van der Waals surface area contributed by atoms with Crippen LogP contribution in [0.25, 0.3) is 16.9 Å². The number of aliphatic hydroxyl groups is 1. The summed E-state index contributed by atoms with van der Waals surface area (Å²) in [4.78, 5) is 12.0. The van der Waals surface area contributed by atoms with Crippen LogP contribution in [0.4, 0.5) is 4.39 Å². The van der Waals surface area contributed by atoms with Crippen molar-refractivity contribution in [2.75, 3.05) is 13.2 Å². The molecule has 0 aliphatic heterocycles. The molecule has 0 aliphatic carbocycles. The van der Waals surface area contributed by atoms with E-state index in [0.29, 0.717) is 5.69 Å². The first-order valence-corrected chi connectivity index (χ1v) is 7.95. The molecule has 0 spiro atoms. The van der Waals surface area contributed by atoms with Crippen molar-refractivity contribution in [2.24, 2.45) is 0 Å². The molecule has 0 atom stereocenters. The molecule has 1 amide bonds. The van der Waals surface area contributed by atoms with Gasteiger partial charge in [-0.2, -0.15) is 5.10 Å². The molecular formula is C19H18FN3O2. The zero-order chi connectivity index (χ0) is 17.6. The third-order valence-electron chi connectivity index (χ3n) is 3.71. The molecule has 0 fully saturated rings. The minimum atomic E-state index is -0.325. The van der Waals surface area contributed by atoms with E-state index >= 15 is 0 Å². The molecule has 0 bridgehead atoms. The van der Waals surface area contributed by atoms with Gasteiger partial charge in [0.25, 0.3) is 0 Å².